The molecule has 0 unspecified atom stereocenters. The van der Waals surface area contributed by atoms with E-state index in [4.69, 9.17) is 23.2 Å². The van der Waals surface area contributed by atoms with Crippen LogP contribution in [0.25, 0.3) is 49.9 Å². The lowest BCUT2D eigenvalue weighted by Crippen LogP contribution is -2.40. The Bertz CT molecular complexity index is 5460. The van der Waals surface area contributed by atoms with E-state index < -0.39 is 62.7 Å². The minimum atomic E-state index is -1.08. The number of pyridine rings is 3. The molecule has 0 spiro atoms. The van der Waals surface area contributed by atoms with Gasteiger partial charge in [-0.15, -0.1) is 0 Å². The summed E-state index contributed by atoms with van der Waals surface area (Å²) in [6.07, 6.45) is 11.0. The summed E-state index contributed by atoms with van der Waals surface area (Å²) in [4.78, 5) is 90.2. The first-order chi connectivity index (χ1) is 44.0. The lowest BCUT2D eigenvalue weighted by molar-refractivity contribution is 0.536. The van der Waals surface area contributed by atoms with E-state index in [1.54, 1.807) is 138 Å². The molecule has 0 bridgehead atoms. The Balaban J connectivity index is 0.000000151. The van der Waals surface area contributed by atoms with Crippen LogP contribution in [0.5, 0.6) is 0 Å². The van der Waals surface area contributed by atoms with Gasteiger partial charge in [-0.05, 0) is 131 Å². The van der Waals surface area contributed by atoms with Crippen LogP contribution in [0.15, 0.2) is 187 Å². The molecular formula is C69H49Cl2F4N11O6. The highest BCUT2D eigenvalue weighted by Crippen LogP contribution is 2.27. The second-order valence-corrected chi connectivity index (χ2v) is 21.9. The Labute approximate surface area is 529 Å². The highest BCUT2D eigenvalue weighted by molar-refractivity contribution is 6.33. The maximum atomic E-state index is 15.1. The molecule has 0 aliphatic heterocycles. The Morgan fingerprint density at radius 2 is 0.848 bits per heavy atom. The third-order valence-electron chi connectivity index (χ3n) is 14.1. The SMILES string of the molecule is CC(C)n1c(=O)n(-c2c(F)cc(C#Cc3cccnc3)cc2Cl)c(=O)c2ccccc21.CC(C)n1c(=O)n(-c2c(F)cc(C#Cc3cccnc3)cc2F)c(=O)c2nn(C)cc21.Cc1cccc2c(=O)n(-c3c(F)cc(C#Cc4cccnc4)cc3Cl)c(=O)n(C)c12. The van der Waals surface area contributed by atoms with E-state index >= 15 is 8.78 Å². The molecule has 17 nitrogen and oxygen atoms in total. The summed E-state index contributed by atoms with van der Waals surface area (Å²) in [6.45, 7) is 8.89. The summed E-state index contributed by atoms with van der Waals surface area (Å²) in [5.41, 5.74) is -1.14. The molecule has 7 aromatic heterocycles. The van der Waals surface area contributed by atoms with Crippen molar-refractivity contribution in [1.29, 1.82) is 0 Å². The summed E-state index contributed by atoms with van der Waals surface area (Å²) >= 11 is 12.7. The van der Waals surface area contributed by atoms with E-state index in [9.17, 15) is 37.5 Å². The lowest BCUT2D eigenvalue weighted by Gasteiger charge is -2.17. The van der Waals surface area contributed by atoms with Crippen LogP contribution in [0.4, 0.5) is 17.6 Å². The smallest absolute Gasteiger partial charge is 0.296 e. The van der Waals surface area contributed by atoms with Crippen LogP contribution in [0, 0.1) is 65.7 Å². The van der Waals surface area contributed by atoms with E-state index in [-0.39, 0.29) is 44.6 Å². The molecule has 0 N–H and O–H groups in total. The zero-order chi connectivity index (χ0) is 65.8. The Morgan fingerprint density at radius 1 is 0.446 bits per heavy atom. The average molecular weight is 1280 g/mol. The van der Waals surface area contributed by atoms with E-state index in [2.05, 4.69) is 55.6 Å². The van der Waals surface area contributed by atoms with Crippen molar-refractivity contribution in [2.24, 2.45) is 14.1 Å². The summed E-state index contributed by atoms with van der Waals surface area (Å²) in [5, 5.41) is 4.50. The van der Waals surface area contributed by atoms with Gasteiger partial charge in [-0.2, -0.15) is 5.10 Å². The van der Waals surface area contributed by atoms with Gasteiger partial charge in [0.2, 0.25) is 0 Å². The maximum absolute atomic E-state index is 15.1. The molecule has 0 saturated carbocycles. The first-order valence-corrected chi connectivity index (χ1v) is 28.7. The van der Waals surface area contributed by atoms with Gasteiger partial charge in [0.15, 0.2) is 17.2 Å². The summed E-state index contributed by atoms with van der Waals surface area (Å²) < 4.78 is 67.5. The number of aromatic nitrogens is 11. The molecule has 92 heavy (non-hydrogen) atoms. The van der Waals surface area contributed by atoms with Gasteiger partial charge in [-0.1, -0.05) is 83.0 Å². The predicted molar refractivity (Wildman–Crippen MR) is 345 cm³/mol. The minimum Gasteiger partial charge on any atom is -0.296 e. The van der Waals surface area contributed by atoms with E-state index in [0.717, 1.165) is 39.0 Å². The Hall–Kier alpha value is -11.4. The summed E-state index contributed by atoms with van der Waals surface area (Å²) in [5.74, 6) is 13.0. The van der Waals surface area contributed by atoms with Crippen LogP contribution in [-0.2, 0) is 14.1 Å². The van der Waals surface area contributed by atoms with Crippen LogP contribution in [-0.4, -0.2) is 52.1 Å². The maximum Gasteiger partial charge on any atom is 0.336 e. The van der Waals surface area contributed by atoms with Crippen molar-refractivity contribution in [1.82, 2.24) is 52.1 Å². The van der Waals surface area contributed by atoms with Crippen molar-refractivity contribution >= 4 is 56.0 Å². The van der Waals surface area contributed by atoms with Gasteiger partial charge in [-0.3, -0.25) is 47.7 Å². The van der Waals surface area contributed by atoms with Crippen LogP contribution >= 0.6 is 23.2 Å². The molecule has 12 rings (SSSR count). The third-order valence-corrected chi connectivity index (χ3v) is 14.7. The number of aryl methyl sites for hydroxylation is 3. The van der Waals surface area contributed by atoms with Crippen molar-refractivity contribution in [3.05, 3.63) is 293 Å². The van der Waals surface area contributed by atoms with Gasteiger partial charge >= 0.3 is 17.1 Å². The van der Waals surface area contributed by atoms with Crippen molar-refractivity contribution in [3.8, 4) is 52.6 Å². The topological polar surface area (TPSA) is 188 Å². The molecular weight excluding hydrogens is 1230 g/mol. The molecule has 5 aromatic carbocycles. The molecule has 12 aromatic rings. The fraction of sp³-hybridized carbons (Fsp3) is 0.130. The molecule has 0 aliphatic carbocycles. The molecule has 0 saturated heterocycles. The second kappa shape index (κ2) is 26.7. The normalized spacial score (nSPS) is 10.9. The molecule has 0 radical (unpaired) electrons. The Kier molecular flexibility index (Phi) is 18.5. The van der Waals surface area contributed by atoms with Crippen molar-refractivity contribution < 1.29 is 17.6 Å². The summed E-state index contributed by atoms with van der Waals surface area (Å²) in [7, 11) is 3.13. The minimum absolute atomic E-state index is 0.0544. The van der Waals surface area contributed by atoms with Gasteiger partial charge in [0, 0.05) is 103 Å². The molecule has 458 valence electrons. The van der Waals surface area contributed by atoms with Gasteiger partial charge < -0.3 is 0 Å². The van der Waals surface area contributed by atoms with Gasteiger partial charge in [0.05, 0.1) is 37.4 Å². The van der Waals surface area contributed by atoms with Crippen molar-refractivity contribution in [2.45, 2.75) is 46.7 Å². The molecule has 0 atom stereocenters. The van der Waals surface area contributed by atoms with E-state index in [0.29, 0.717) is 59.7 Å². The fourth-order valence-electron chi connectivity index (χ4n) is 10.1. The first kappa shape index (κ1) is 63.6. The molecule has 23 heteroatoms. The van der Waals surface area contributed by atoms with Crippen molar-refractivity contribution in [2.75, 3.05) is 0 Å². The van der Waals surface area contributed by atoms with Crippen LogP contribution in [0.1, 0.15) is 78.7 Å². The third kappa shape index (κ3) is 12.7. The molecule has 0 aliphatic rings. The average Bonchev–Trinajstić information content (AvgIpc) is 1.12. The fourth-order valence-corrected chi connectivity index (χ4v) is 10.7. The van der Waals surface area contributed by atoms with Crippen LogP contribution in [0.3, 0.4) is 0 Å². The van der Waals surface area contributed by atoms with Crippen LogP contribution < -0.4 is 33.7 Å². The zero-order valence-electron chi connectivity index (χ0n) is 49.8. The number of halogens is 6. The number of hydrogen-bond donors (Lipinski definition) is 0. The number of para-hydroxylation sites is 2. The highest BCUT2D eigenvalue weighted by atomic mass is 35.5. The van der Waals surface area contributed by atoms with E-state index in [1.165, 1.54) is 50.0 Å². The highest BCUT2D eigenvalue weighted by Gasteiger charge is 2.25. The number of hydrogen-bond acceptors (Lipinski definition) is 10. The molecule has 0 fully saturated rings. The van der Waals surface area contributed by atoms with Gasteiger partial charge in [0.25, 0.3) is 16.7 Å². The van der Waals surface area contributed by atoms with Gasteiger partial charge in [0.1, 0.15) is 28.7 Å². The van der Waals surface area contributed by atoms with Crippen LogP contribution in [0.2, 0.25) is 10.0 Å². The largest absolute Gasteiger partial charge is 0.336 e. The zero-order valence-corrected chi connectivity index (χ0v) is 51.3. The number of nitrogens with zero attached hydrogens (tertiary/aromatic N) is 11. The summed E-state index contributed by atoms with van der Waals surface area (Å²) in [6, 6.07) is 28.8. The molecule has 7 heterocycles. The van der Waals surface area contributed by atoms with E-state index in [1.807, 2.05) is 13.8 Å². The van der Waals surface area contributed by atoms with Gasteiger partial charge in [-0.25, -0.2) is 45.6 Å². The van der Waals surface area contributed by atoms with Crippen molar-refractivity contribution in [3.63, 3.8) is 0 Å². The predicted octanol–water partition coefficient (Wildman–Crippen LogP) is 10.4. The lowest BCUT2D eigenvalue weighted by atomic mass is 10.1. The monoisotopic (exact) mass is 1270 g/mol. The number of rotatable bonds is 5. The number of benzene rings is 5. The number of fused-ring (bicyclic) bond motifs is 3. The quantitative estimate of drug-likeness (QED) is 0.118. The first-order valence-electron chi connectivity index (χ1n) is 28.0. The standard InChI is InChI=1S/C24H17ClFN3O2.C23H15ClFN3O2.C22H17F2N5O2/c1-15(2)28-21-8-4-3-7-18(21)23(30)29(24(28)31)22-19(25)12-17(13-20(22)26)10-9-16-6-5-11-27-14-16;1-14-5-3-7-17-20(14)27(2)23(30)28(22(17)29)21-18(24)11-16(12-19(21)25)9-8-15-6-4-10-26-13-15;1-13(2)28-18-12-27(3)26-19(18)21(30)29(22(28)31)20-16(23)9-15(10-17(20)24)7-6-14-5-4-8-25-11-14/h3-8,11-15H,1-2H3;3-7,10-13H,1-2H3;4-5,8-13H,1-3H3. The second-order valence-electron chi connectivity index (χ2n) is 21.1. The Morgan fingerprint density at radius 3 is 1.30 bits per heavy atom. The molecule has 0 amide bonds.